The number of hydrogen-bond acceptors (Lipinski definition) is 3. The molecular weight excluding hydrogens is 292 g/mol. The van der Waals surface area contributed by atoms with Gasteiger partial charge in [-0.3, -0.25) is 0 Å². The van der Waals surface area contributed by atoms with Gasteiger partial charge in [0.1, 0.15) is 5.75 Å². The van der Waals surface area contributed by atoms with Crippen LogP contribution >= 0.6 is 22.3 Å². The summed E-state index contributed by atoms with van der Waals surface area (Å²) in [7, 11) is 0.932. The second-order valence-corrected chi connectivity index (χ2v) is 5.55. The summed E-state index contributed by atoms with van der Waals surface area (Å²) >= 11 is 5.39. The number of rotatable bonds is 2. The first kappa shape index (κ1) is 13.4. The van der Waals surface area contributed by atoms with Crippen molar-refractivity contribution in [3.05, 3.63) is 23.2 Å². The lowest BCUT2D eigenvalue weighted by Gasteiger charge is -2.10. The van der Waals surface area contributed by atoms with E-state index in [0.29, 0.717) is 0 Å². The molecule has 1 aromatic carbocycles. The molecule has 0 aromatic heterocycles. The van der Waals surface area contributed by atoms with E-state index >= 15 is 0 Å². The number of alkyl halides is 3. The molecule has 1 aromatic rings. The van der Waals surface area contributed by atoms with Crippen LogP contribution in [0.2, 0.25) is 5.02 Å². The minimum absolute atomic E-state index is 0.409. The van der Waals surface area contributed by atoms with E-state index in [-0.39, 0.29) is 0 Å². The Balaban J connectivity index is 3.11. The zero-order valence-electron chi connectivity index (χ0n) is 7.25. The predicted octanol–water partition coefficient (Wildman–Crippen LogP) is 3.17. The van der Waals surface area contributed by atoms with Crippen LogP contribution in [0.4, 0.5) is 13.2 Å². The van der Waals surface area contributed by atoms with E-state index in [1.165, 1.54) is 0 Å². The van der Waals surface area contributed by atoms with Gasteiger partial charge >= 0.3 is 6.36 Å². The van der Waals surface area contributed by atoms with Crippen molar-refractivity contribution < 1.29 is 26.3 Å². The fraction of sp³-hybridized carbons (Fsp3) is 0.143. The highest BCUT2D eigenvalue weighted by molar-refractivity contribution is 8.13. The van der Waals surface area contributed by atoms with Crippen LogP contribution in [0.3, 0.4) is 0 Å². The first-order chi connectivity index (χ1) is 7.09. The number of benzene rings is 1. The van der Waals surface area contributed by atoms with Gasteiger partial charge in [-0.15, -0.1) is 13.2 Å². The molecule has 0 aliphatic heterocycles. The molecule has 3 nitrogen and oxygen atoms in total. The second kappa shape index (κ2) is 4.31. The molecule has 0 atom stereocenters. The largest absolute Gasteiger partial charge is 0.573 e. The van der Waals surface area contributed by atoms with Gasteiger partial charge in [0, 0.05) is 10.7 Å². The molecule has 1 rings (SSSR count). The summed E-state index contributed by atoms with van der Waals surface area (Å²) in [6.07, 6.45) is -4.90. The predicted molar refractivity (Wildman–Crippen MR) is 51.2 cm³/mol. The fourth-order valence-corrected chi connectivity index (χ4v) is 1.90. The van der Waals surface area contributed by atoms with Gasteiger partial charge in [-0.25, -0.2) is 8.42 Å². The Hall–Kier alpha value is -0.660. The number of ether oxygens (including phenoxy) is 1. The maximum atomic E-state index is 11.8. The molecule has 0 bridgehead atoms. The third kappa shape index (κ3) is 3.73. The van der Waals surface area contributed by atoms with Crippen LogP contribution in [-0.4, -0.2) is 14.8 Å². The van der Waals surface area contributed by atoms with Crippen molar-refractivity contribution in [1.82, 2.24) is 0 Å². The van der Waals surface area contributed by atoms with E-state index in [1.54, 1.807) is 0 Å². The SMILES string of the molecule is O=S(=O)(Cl)c1ccc(OC(F)(F)F)c(Cl)c1. The summed E-state index contributed by atoms with van der Waals surface area (Å²) in [4.78, 5) is -0.409. The van der Waals surface area contributed by atoms with Crippen molar-refractivity contribution in [3.63, 3.8) is 0 Å². The van der Waals surface area contributed by atoms with Crippen molar-refractivity contribution in [2.24, 2.45) is 0 Å². The van der Waals surface area contributed by atoms with E-state index in [4.69, 9.17) is 22.3 Å². The fourth-order valence-electron chi connectivity index (χ4n) is 0.841. The Morgan fingerprint density at radius 1 is 1.25 bits per heavy atom. The smallest absolute Gasteiger partial charge is 0.404 e. The van der Waals surface area contributed by atoms with Gasteiger partial charge < -0.3 is 4.74 Å². The van der Waals surface area contributed by atoms with Crippen molar-refractivity contribution in [2.45, 2.75) is 11.3 Å². The Morgan fingerprint density at radius 3 is 2.19 bits per heavy atom. The lowest BCUT2D eigenvalue weighted by molar-refractivity contribution is -0.274. The average Bonchev–Trinajstić information content (AvgIpc) is 2.04. The molecule has 0 spiro atoms. The quantitative estimate of drug-likeness (QED) is 0.787. The Kier molecular flexibility index (Phi) is 3.61. The van der Waals surface area contributed by atoms with Gasteiger partial charge in [-0.05, 0) is 18.2 Å². The first-order valence-electron chi connectivity index (χ1n) is 3.59. The summed E-state index contributed by atoms with van der Waals surface area (Å²) < 4.78 is 60.7. The average molecular weight is 295 g/mol. The van der Waals surface area contributed by atoms with Crippen molar-refractivity contribution in [2.75, 3.05) is 0 Å². The zero-order valence-corrected chi connectivity index (χ0v) is 9.58. The molecule has 9 heteroatoms. The monoisotopic (exact) mass is 294 g/mol. The Bertz CT molecular complexity index is 498. The topological polar surface area (TPSA) is 43.4 Å². The maximum absolute atomic E-state index is 11.8. The normalized spacial score (nSPS) is 12.6. The van der Waals surface area contributed by atoms with Crippen LogP contribution in [0, 0.1) is 0 Å². The van der Waals surface area contributed by atoms with Gasteiger partial charge in [-0.1, -0.05) is 11.6 Å². The van der Waals surface area contributed by atoms with E-state index in [1.807, 2.05) is 0 Å². The number of hydrogen-bond donors (Lipinski definition) is 0. The third-order valence-corrected chi connectivity index (χ3v) is 3.06. The zero-order chi connectivity index (χ0) is 12.6. The van der Waals surface area contributed by atoms with Crippen LogP contribution in [0.15, 0.2) is 23.1 Å². The van der Waals surface area contributed by atoms with E-state index < -0.39 is 31.1 Å². The van der Waals surface area contributed by atoms with Gasteiger partial charge in [0.2, 0.25) is 0 Å². The highest BCUT2D eigenvalue weighted by atomic mass is 35.7. The summed E-state index contributed by atoms with van der Waals surface area (Å²) in [5.74, 6) is -0.696. The Labute approximate surface area is 98.1 Å². The second-order valence-electron chi connectivity index (χ2n) is 2.58. The van der Waals surface area contributed by atoms with Crippen molar-refractivity contribution >= 4 is 31.3 Å². The highest BCUT2D eigenvalue weighted by Crippen LogP contribution is 2.32. The van der Waals surface area contributed by atoms with E-state index in [0.717, 1.165) is 18.2 Å². The molecular formula is C7H3Cl2F3O3S. The molecule has 0 saturated carbocycles. The molecule has 0 aliphatic carbocycles. The van der Waals surface area contributed by atoms with E-state index in [2.05, 4.69) is 4.74 Å². The standard InChI is InChI=1S/C7H3Cl2F3O3S/c8-5-3-4(16(9,13)14)1-2-6(5)15-7(10,11)12/h1-3H. The van der Waals surface area contributed by atoms with Crippen LogP contribution in [0.25, 0.3) is 0 Å². The summed E-state index contributed by atoms with van der Waals surface area (Å²) in [6.45, 7) is 0. The molecule has 90 valence electrons. The molecule has 16 heavy (non-hydrogen) atoms. The molecule has 0 amide bonds. The molecule has 0 aliphatic rings. The van der Waals surface area contributed by atoms with Crippen molar-refractivity contribution in [1.29, 1.82) is 0 Å². The van der Waals surface area contributed by atoms with Crippen LogP contribution in [0.1, 0.15) is 0 Å². The highest BCUT2D eigenvalue weighted by Gasteiger charge is 2.32. The summed E-state index contributed by atoms with van der Waals surface area (Å²) in [6, 6.07) is 2.39. The lowest BCUT2D eigenvalue weighted by atomic mass is 10.3. The van der Waals surface area contributed by atoms with Crippen LogP contribution < -0.4 is 4.74 Å². The maximum Gasteiger partial charge on any atom is 0.573 e. The van der Waals surface area contributed by atoms with Gasteiger partial charge in [0.25, 0.3) is 9.05 Å². The third-order valence-electron chi connectivity index (χ3n) is 1.41. The molecule has 0 heterocycles. The molecule has 0 radical (unpaired) electrons. The summed E-state index contributed by atoms with van der Waals surface area (Å²) in [5, 5.41) is -0.501. The molecule has 0 fully saturated rings. The van der Waals surface area contributed by atoms with Crippen LogP contribution in [0.5, 0.6) is 5.75 Å². The minimum atomic E-state index is -4.90. The first-order valence-corrected chi connectivity index (χ1v) is 6.28. The minimum Gasteiger partial charge on any atom is -0.404 e. The van der Waals surface area contributed by atoms with Gasteiger partial charge in [0.15, 0.2) is 0 Å². The van der Waals surface area contributed by atoms with E-state index in [9.17, 15) is 21.6 Å². The lowest BCUT2D eigenvalue weighted by Crippen LogP contribution is -2.17. The van der Waals surface area contributed by atoms with Gasteiger partial charge in [-0.2, -0.15) is 0 Å². The van der Waals surface area contributed by atoms with Gasteiger partial charge in [0.05, 0.1) is 9.92 Å². The molecule has 0 unspecified atom stereocenters. The summed E-state index contributed by atoms with van der Waals surface area (Å²) in [5.41, 5.74) is 0. The molecule has 0 saturated heterocycles. The molecule has 0 N–H and O–H groups in total. The number of halogens is 5. The Morgan fingerprint density at radius 2 is 1.81 bits per heavy atom. The van der Waals surface area contributed by atoms with Crippen molar-refractivity contribution in [3.8, 4) is 5.75 Å². The van der Waals surface area contributed by atoms with Crippen LogP contribution in [-0.2, 0) is 9.05 Å².